The summed E-state index contributed by atoms with van der Waals surface area (Å²) >= 11 is 0. The van der Waals surface area contributed by atoms with Crippen molar-refractivity contribution in [2.75, 3.05) is 13.1 Å². The van der Waals surface area contributed by atoms with E-state index >= 15 is 0 Å². The molecule has 0 bridgehead atoms. The summed E-state index contributed by atoms with van der Waals surface area (Å²) in [4.78, 5) is 17.5. The topological polar surface area (TPSA) is 48.1 Å². The molecule has 1 aromatic heterocycles. The van der Waals surface area contributed by atoms with Crippen molar-refractivity contribution in [2.24, 2.45) is 0 Å². The van der Waals surface area contributed by atoms with Crippen LogP contribution in [0.1, 0.15) is 45.9 Å². The average molecular weight is 508 g/mol. The summed E-state index contributed by atoms with van der Waals surface area (Å²) in [6.45, 7) is 14.2. The average Bonchev–Trinajstić information content (AvgIpc) is 3.22. The molecule has 1 amide bonds. The second kappa shape index (κ2) is 10.3. The molecule has 0 unspecified atom stereocenters. The van der Waals surface area contributed by atoms with Gasteiger partial charge >= 0.3 is 6.09 Å². The summed E-state index contributed by atoms with van der Waals surface area (Å²) in [7, 11) is 0. The van der Waals surface area contributed by atoms with Gasteiger partial charge in [0.05, 0.1) is 19.2 Å². The first-order chi connectivity index (χ1) is 17.5. The Labute approximate surface area is 216 Å². The molecule has 0 aliphatic carbocycles. The van der Waals surface area contributed by atoms with Crippen molar-refractivity contribution < 1.29 is 23.0 Å². The third kappa shape index (κ3) is 6.11. The first-order valence-electron chi connectivity index (χ1n) is 12.3. The summed E-state index contributed by atoms with van der Waals surface area (Å²) in [5.74, 6) is -1.72. The van der Waals surface area contributed by atoms with Crippen LogP contribution in [-0.4, -0.2) is 40.2 Å². The van der Waals surface area contributed by atoms with Gasteiger partial charge in [-0.1, -0.05) is 37.3 Å². The molecular formula is C29H31F2N3O3. The van der Waals surface area contributed by atoms with Crippen molar-refractivity contribution in [2.45, 2.75) is 58.1 Å². The monoisotopic (exact) mass is 507 g/mol. The van der Waals surface area contributed by atoms with Crippen LogP contribution in [0.15, 0.2) is 60.8 Å². The maximum Gasteiger partial charge on any atom is 0.410 e. The summed E-state index contributed by atoms with van der Waals surface area (Å²) in [5, 5.41) is 0. The molecule has 8 heteroatoms. The fourth-order valence-corrected chi connectivity index (χ4v) is 4.62. The molecule has 0 N–H and O–H groups in total. The zero-order chi connectivity index (χ0) is 26.8. The number of hydrogen-bond donors (Lipinski definition) is 0. The van der Waals surface area contributed by atoms with E-state index in [0.29, 0.717) is 34.9 Å². The lowest BCUT2D eigenvalue weighted by atomic mass is 10.0. The lowest BCUT2D eigenvalue weighted by Crippen LogP contribution is -2.51. The molecule has 1 fully saturated rings. The van der Waals surface area contributed by atoms with Gasteiger partial charge in [0, 0.05) is 30.4 Å². The molecule has 1 aliphatic rings. The second-order valence-corrected chi connectivity index (χ2v) is 10.2. The highest BCUT2D eigenvalue weighted by molar-refractivity contribution is 5.81. The summed E-state index contributed by atoms with van der Waals surface area (Å²) in [5.41, 5.74) is 1.75. The van der Waals surface area contributed by atoms with Gasteiger partial charge in [0.1, 0.15) is 17.1 Å². The van der Waals surface area contributed by atoms with Gasteiger partial charge in [-0.15, -0.1) is 0 Å². The van der Waals surface area contributed by atoms with E-state index < -0.39 is 36.6 Å². The van der Waals surface area contributed by atoms with E-state index in [0.717, 1.165) is 10.5 Å². The largest absolute Gasteiger partial charge is 0.457 e. The molecule has 6 nitrogen and oxygen atoms in total. The molecule has 194 valence electrons. The highest BCUT2D eigenvalue weighted by Gasteiger charge is 2.44. The quantitative estimate of drug-likeness (QED) is 0.330. The molecule has 3 aromatic rings. The van der Waals surface area contributed by atoms with Crippen molar-refractivity contribution in [3.05, 3.63) is 77.9 Å². The number of nitrogens with zero attached hydrogens (tertiary/aromatic N) is 3. The Hall–Kier alpha value is -3.86. The van der Waals surface area contributed by atoms with E-state index in [1.807, 2.05) is 61.5 Å². The number of alkyl halides is 2. The number of carbonyl (C=O) groups excluding carboxylic acids is 1. The third-order valence-corrected chi connectivity index (χ3v) is 6.13. The SMILES string of the molecule is [C-]#[N+]c1c(-c2ccc(Oc3ccccc3)cc2)cn([C@H]2CN(C(=O)OC(C)(C)C)CC(F)(F)C2)c1CC. The summed E-state index contributed by atoms with van der Waals surface area (Å²) in [6.07, 6.45) is 1.07. The summed E-state index contributed by atoms with van der Waals surface area (Å²) in [6, 6.07) is 16.1. The molecule has 0 saturated carbocycles. The fraction of sp³-hybridized carbons (Fsp3) is 0.379. The number of benzene rings is 2. The van der Waals surface area contributed by atoms with Crippen LogP contribution >= 0.6 is 0 Å². The van der Waals surface area contributed by atoms with Crippen molar-refractivity contribution >= 4 is 11.8 Å². The predicted octanol–water partition coefficient (Wildman–Crippen LogP) is 7.88. The Balaban J connectivity index is 1.65. The minimum Gasteiger partial charge on any atom is -0.457 e. The molecule has 37 heavy (non-hydrogen) atoms. The smallest absolute Gasteiger partial charge is 0.410 e. The zero-order valence-corrected chi connectivity index (χ0v) is 21.5. The van der Waals surface area contributed by atoms with Gasteiger partial charge < -0.3 is 18.9 Å². The Kier molecular flexibility index (Phi) is 7.26. The van der Waals surface area contributed by atoms with Crippen LogP contribution < -0.4 is 4.74 Å². The van der Waals surface area contributed by atoms with Crippen molar-refractivity contribution in [3.8, 4) is 22.6 Å². The number of likely N-dealkylation sites (tertiary alicyclic amines) is 1. The number of piperidine rings is 1. The lowest BCUT2D eigenvalue weighted by molar-refractivity contribution is -0.0839. The lowest BCUT2D eigenvalue weighted by Gasteiger charge is -2.39. The van der Waals surface area contributed by atoms with Crippen molar-refractivity contribution in [3.63, 3.8) is 0 Å². The first-order valence-corrected chi connectivity index (χ1v) is 12.3. The van der Waals surface area contributed by atoms with Crippen molar-refractivity contribution in [1.29, 1.82) is 0 Å². The first kappa shape index (κ1) is 26.2. The zero-order valence-electron chi connectivity index (χ0n) is 21.5. The van der Waals surface area contributed by atoms with Gasteiger partial charge in [0.15, 0.2) is 0 Å². The van der Waals surface area contributed by atoms with Gasteiger partial charge in [0.25, 0.3) is 5.92 Å². The number of carbonyl (C=O) groups is 1. The Morgan fingerprint density at radius 2 is 1.76 bits per heavy atom. The number of ether oxygens (including phenoxy) is 2. The molecule has 0 spiro atoms. The minimum absolute atomic E-state index is 0.0763. The van der Waals surface area contributed by atoms with E-state index in [1.165, 1.54) is 0 Å². The maximum atomic E-state index is 14.8. The van der Waals surface area contributed by atoms with E-state index in [2.05, 4.69) is 4.85 Å². The number of rotatable bonds is 5. The van der Waals surface area contributed by atoms with E-state index in [1.54, 1.807) is 31.5 Å². The molecule has 2 heterocycles. The van der Waals surface area contributed by atoms with E-state index in [9.17, 15) is 13.6 Å². The van der Waals surface area contributed by atoms with Crippen LogP contribution in [-0.2, 0) is 11.2 Å². The molecule has 1 saturated heterocycles. The van der Waals surface area contributed by atoms with Crippen LogP contribution in [0.25, 0.3) is 16.0 Å². The third-order valence-electron chi connectivity index (χ3n) is 6.13. The van der Waals surface area contributed by atoms with Gasteiger partial charge in [-0.3, -0.25) is 0 Å². The Morgan fingerprint density at radius 3 is 2.35 bits per heavy atom. The summed E-state index contributed by atoms with van der Waals surface area (Å²) < 4.78 is 42.6. The van der Waals surface area contributed by atoms with Crippen LogP contribution in [0.5, 0.6) is 11.5 Å². The van der Waals surface area contributed by atoms with Gasteiger partial charge in [-0.2, -0.15) is 0 Å². The van der Waals surface area contributed by atoms with Crippen molar-refractivity contribution in [1.82, 2.24) is 9.47 Å². The predicted molar refractivity (Wildman–Crippen MR) is 138 cm³/mol. The minimum atomic E-state index is -3.08. The molecule has 0 radical (unpaired) electrons. The fourth-order valence-electron chi connectivity index (χ4n) is 4.62. The van der Waals surface area contributed by atoms with Gasteiger partial charge in [0.2, 0.25) is 5.69 Å². The standard InChI is InChI=1S/C29H31F2N3O3/c1-6-25-26(32-5)24(20-12-14-23(15-13-20)36-22-10-8-7-9-11-22)18-34(25)21-16-29(30,31)19-33(17-21)27(35)37-28(2,3)4/h7-15,18,21H,6,16-17,19H2,1-4H3/t21-/m1/s1. The maximum absolute atomic E-state index is 14.8. The van der Waals surface area contributed by atoms with Gasteiger partial charge in [-0.25, -0.2) is 18.4 Å². The normalized spacial score (nSPS) is 17.2. The van der Waals surface area contributed by atoms with Gasteiger partial charge in [-0.05, 0) is 57.0 Å². The molecule has 4 rings (SSSR count). The van der Waals surface area contributed by atoms with Crippen LogP contribution in [0.4, 0.5) is 19.3 Å². The Morgan fingerprint density at radius 1 is 1.11 bits per heavy atom. The van der Waals surface area contributed by atoms with E-state index in [4.69, 9.17) is 16.0 Å². The number of hydrogen-bond acceptors (Lipinski definition) is 3. The molecular weight excluding hydrogens is 476 g/mol. The second-order valence-electron chi connectivity index (χ2n) is 10.2. The van der Waals surface area contributed by atoms with Crippen LogP contribution in [0.3, 0.4) is 0 Å². The molecule has 1 atom stereocenters. The highest BCUT2D eigenvalue weighted by atomic mass is 19.3. The molecule has 2 aromatic carbocycles. The number of halogens is 2. The number of amides is 1. The van der Waals surface area contributed by atoms with Crippen LogP contribution in [0.2, 0.25) is 0 Å². The highest BCUT2D eigenvalue weighted by Crippen LogP contribution is 2.42. The molecule has 1 aliphatic heterocycles. The number of para-hydroxylation sites is 1. The Bertz CT molecular complexity index is 1290. The van der Waals surface area contributed by atoms with E-state index in [-0.39, 0.29) is 6.54 Å². The van der Waals surface area contributed by atoms with Crippen LogP contribution in [0, 0.1) is 6.57 Å². The number of aromatic nitrogens is 1.